The van der Waals surface area contributed by atoms with E-state index in [1.54, 1.807) is 6.92 Å². The summed E-state index contributed by atoms with van der Waals surface area (Å²) in [6.07, 6.45) is 0.127. The monoisotopic (exact) mass is 211 g/mol. The van der Waals surface area contributed by atoms with Crippen molar-refractivity contribution in [2.75, 3.05) is 0 Å². The summed E-state index contributed by atoms with van der Waals surface area (Å²) in [6.45, 7) is 1.58. The lowest BCUT2D eigenvalue weighted by Gasteiger charge is -2.04. The highest BCUT2D eigenvalue weighted by Gasteiger charge is 2.18. The van der Waals surface area contributed by atoms with E-state index in [1.807, 2.05) is 0 Å². The van der Waals surface area contributed by atoms with E-state index in [4.69, 9.17) is 4.74 Å². The number of rotatable bonds is 3. The second-order valence-electron chi connectivity index (χ2n) is 2.71. The number of ether oxygens (including phenoxy) is 1. The number of para-hydroxylation sites is 1. The van der Waals surface area contributed by atoms with Crippen LogP contribution in [0.4, 0.5) is 5.69 Å². The predicted octanol–water partition coefficient (Wildman–Crippen LogP) is 1.62. The van der Waals surface area contributed by atoms with Gasteiger partial charge in [-0.25, -0.2) is 0 Å². The van der Waals surface area contributed by atoms with E-state index in [2.05, 4.69) is 0 Å². The first-order valence-corrected chi connectivity index (χ1v) is 4.23. The lowest BCUT2D eigenvalue weighted by Crippen LogP contribution is -2.06. The first kappa shape index (κ1) is 11.0. The number of phenols is 1. The minimum Gasteiger partial charge on any atom is -0.499 e. The first-order chi connectivity index (χ1) is 7.06. The maximum atomic E-state index is 10.9. The van der Waals surface area contributed by atoms with Gasteiger partial charge in [-0.15, -0.1) is 0 Å². The zero-order valence-corrected chi connectivity index (χ0v) is 7.97. The van der Waals surface area contributed by atoms with E-state index >= 15 is 0 Å². The minimum absolute atomic E-state index is 0.127. The van der Waals surface area contributed by atoms with Crippen molar-refractivity contribution in [1.29, 1.82) is 0 Å². The van der Waals surface area contributed by atoms with Crippen molar-refractivity contribution in [1.82, 2.24) is 0 Å². The van der Waals surface area contributed by atoms with Crippen molar-refractivity contribution in [3.05, 3.63) is 28.3 Å². The molecule has 0 amide bonds. The van der Waals surface area contributed by atoms with Crippen molar-refractivity contribution in [3.8, 4) is 11.5 Å². The third-order valence-electron chi connectivity index (χ3n) is 1.69. The zero-order chi connectivity index (χ0) is 11.4. The summed E-state index contributed by atoms with van der Waals surface area (Å²) in [6, 6.07) is 3.74. The van der Waals surface area contributed by atoms with Gasteiger partial charge in [0.25, 0.3) is 0 Å². The van der Waals surface area contributed by atoms with Crippen LogP contribution in [0.1, 0.15) is 13.3 Å². The summed E-state index contributed by atoms with van der Waals surface area (Å²) >= 11 is 0. The third-order valence-corrected chi connectivity index (χ3v) is 1.69. The lowest BCUT2D eigenvalue weighted by molar-refractivity contribution is -0.385. The Labute approximate surface area is 85.2 Å². The van der Waals surface area contributed by atoms with Crippen LogP contribution in [0.2, 0.25) is 0 Å². The van der Waals surface area contributed by atoms with E-state index < -0.39 is 22.3 Å². The molecule has 80 valence electrons. The Morgan fingerprint density at radius 1 is 1.60 bits per heavy atom. The quantitative estimate of drug-likeness (QED) is 0.355. The Morgan fingerprint density at radius 2 is 2.27 bits per heavy atom. The average Bonchev–Trinajstić information content (AvgIpc) is 2.20. The fraction of sp³-hybridized carbons (Fsp3) is 0.222. The number of hydrogen-bond donors (Lipinski definition) is 1. The molecule has 0 aliphatic carbocycles. The van der Waals surface area contributed by atoms with Crippen molar-refractivity contribution >= 4 is 11.7 Å². The number of nitro groups is 1. The molecule has 0 radical (unpaired) electrons. The van der Waals surface area contributed by atoms with Crippen molar-refractivity contribution < 1.29 is 19.6 Å². The van der Waals surface area contributed by atoms with E-state index in [1.165, 1.54) is 12.1 Å². The van der Waals surface area contributed by atoms with Crippen LogP contribution in [-0.2, 0) is 4.79 Å². The largest absolute Gasteiger partial charge is 0.499 e. The van der Waals surface area contributed by atoms with Gasteiger partial charge >= 0.3 is 11.7 Å². The Balaban J connectivity index is 3.04. The smallest absolute Gasteiger partial charge is 0.314 e. The Morgan fingerprint density at radius 3 is 2.80 bits per heavy atom. The standard InChI is InChI=1S/C9H9NO5/c1-2-8(11)15-7-5-3-4-6(9(7)12)10(13)14/h3-5,12H,2H2,1H3. The summed E-state index contributed by atoms with van der Waals surface area (Å²) < 4.78 is 4.69. The van der Waals surface area contributed by atoms with E-state index in [-0.39, 0.29) is 12.2 Å². The molecule has 0 fully saturated rings. The number of phenolic OH excluding ortho intramolecular Hbond substituents is 1. The Hall–Kier alpha value is -2.11. The molecule has 1 rings (SSSR count). The molecular formula is C9H9NO5. The molecule has 0 saturated carbocycles. The summed E-state index contributed by atoms with van der Waals surface area (Å²) in [7, 11) is 0. The highest BCUT2D eigenvalue weighted by atomic mass is 16.6. The SMILES string of the molecule is CCC(=O)Oc1cccc([N+](=O)[O-])c1O. The second kappa shape index (κ2) is 4.41. The van der Waals surface area contributed by atoms with Crippen LogP contribution >= 0.6 is 0 Å². The van der Waals surface area contributed by atoms with E-state index in [0.29, 0.717) is 0 Å². The molecule has 15 heavy (non-hydrogen) atoms. The van der Waals surface area contributed by atoms with Gasteiger partial charge in [0.05, 0.1) is 4.92 Å². The van der Waals surface area contributed by atoms with Crippen LogP contribution in [0.5, 0.6) is 11.5 Å². The number of carbonyl (C=O) groups is 1. The Kier molecular flexibility index (Phi) is 3.22. The lowest BCUT2D eigenvalue weighted by atomic mass is 10.3. The van der Waals surface area contributed by atoms with Gasteiger partial charge in [-0.05, 0) is 6.07 Å². The molecule has 1 aromatic rings. The van der Waals surface area contributed by atoms with Crippen LogP contribution in [0.3, 0.4) is 0 Å². The van der Waals surface area contributed by atoms with Gasteiger partial charge in [0, 0.05) is 12.5 Å². The maximum Gasteiger partial charge on any atom is 0.314 e. The molecule has 0 spiro atoms. The summed E-state index contributed by atoms with van der Waals surface area (Å²) in [4.78, 5) is 20.6. The van der Waals surface area contributed by atoms with Crippen molar-refractivity contribution in [2.45, 2.75) is 13.3 Å². The molecule has 0 bridgehead atoms. The van der Waals surface area contributed by atoms with Crippen LogP contribution in [0.25, 0.3) is 0 Å². The highest BCUT2D eigenvalue weighted by molar-refractivity contribution is 5.73. The molecule has 0 saturated heterocycles. The number of nitro benzene ring substituents is 1. The van der Waals surface area contributed by atoms with Crippen LogP contribution in [-0.4, -0.2) is 16.0 Å². The molecule has 0 heterocycles. The molecule has 0 unspecified atom stereocenters. The molecule has 0 aromatic heterocycles. The molecule has 0 atom stereocenters. The number of hydrogen-bond acceptors (Lipinski definition) is 5. The zero-order valence-electron chi connectivity index (χ0n) is 7.97. The average molecular weight is 211 g/mol. The van der Waals surface area contributed by atoms with Crippen LogP contribution < -0.4 is 4.74 Å². The fourth-order valence-electron chi connectivity index (χ4n) is 0.935. The summed E-state index contributed by atoms with van der Waals surface area (Å²) in [5, 5.41) is 19.8. The summed E-state index contributed by atoms with van der Waals surface area (Å²) in [5.74, 6) is -1.40. The second-order valence-corrected chi connectivity index (χ2v) is 2.71. The molecule has 0 aliphatic heterocycles. The van der Waals surface area contributed by atoms with Gasteiger partial charge < -0.3 is 9.84 Å². The van der Waals surface area contributed by atoms with Crippen LogP contribution in [0.15, 0.2) is 18.2 Å². The van der Waals surface area contributed by atoms with E-state index in [9.17, 15) is 20.0 Å². The maximum absolute atomic E-state index is 10.9. The topological polar surface area (TPSA) is 89.7 Å². The minimum atomic E-state index is -0.751. The third kappa shape index (κ3) is 2.43. The van der Waals surface area contributed by atoms with Crippen molar-refractivity contribution in [3.63, 3.8) is 0 Å². The first-order valence-electron chi connectivity index (χ1n) is 4.23. The number of esters is 1. The highest BCUT2D eigenvalue weighted by Crippen LogP contribution is 2.35. The number of aromatic hydroxyl groups is 1. The van der Waals surface area contributed by atoms with Gasteiger partial charge in [0.1, 0.15) is 0 Å². The molecule has 1 N–H and O–H groups in total. The molecule has 6 nitrogen and oxygen atoms in total. The van der Waals surface area contributed by atoms with Gasteiger partial charge in [0.2, 0.25) is 5.75 Å². The van der Waals surface area contributed by atoms with Gasteiger partial charge in [-0.1, -0.05) is 13.0 Å². The summed E-state index contributed by atoms with van der Waals surface area (Å²) in [5.41, 5.74) is -0.489. The molecule has 0 aliphatic rings. The fourth-order valence-corrected chi connectivity index (χ4v) is 0.935. The molecular weight excluding hydrogens is 202 g/mol. The number of carbonyl (C=O) groups excluding carboxylic acids is 1. The van der Waals surface area contributed by atoms with Gasteiger partial charge in [-0.2, -0.15) is 0 Å². The van der Waals surface area contributed by atoms with Gasteiger partial charge in [0.15, 0.2) is 5.75 Å². The van der Waals surface area contributed by atoms with E-state index in [0.717, 1.165) is 6.07 Å². The predicted molar refractivity (Wildman–Crippen MR) is 50.7 cm³/mol. The molecule has 6 heteroatoms. The number of nitrogens with zero attached hydrogens (tertiary/aromatic N) is 1. The Bertz CT molecular complexity index is 401. The van der Waals surface area contributed by atoms with Gasteiger partial charge in [-0.3, -0.25) is 14.9 Å². The van der Waals surface area contributed by atoms with Crippen LogP contribution in [0, 0.1) is 10.1 Å². The van der Waals surface area contributed by atoms with Crippen molar-refractivity contribution in [2.24, 2.45) is 0 Å². The number of benzene rings is 1. The molecule has 1 aromatic carbocycles. The normalized spacial score (nSPS) is 9.67.